The monoisotopic (exact) mass is 423 g/mol. The van der Waals surface area contributed by atoms with E-state index in [1.807, 2.05) is 13.2 Å². The van der Waals surface area contributed by atoms with Crippen LogP contribution >= 0.6 is 24.2 Å². The van der Waals surface area contributed by atoms with E-state index in [0.717, 1.165) is 11.5 Å². The maximum atomic E-state index is 12.3. The van der Waals surface area contributed by atoms with Crippen molar-refractivity contribution >= 4 is 47.4 Å². The number of ether oxygens (including phenoxy) is 1. The van der Waals surface area contributed by atoms with Crippen molar-refractivity contribution in [3.8, 4) is 5.75 Å². The summed E-state index contributed by atoms with van der Waals surface area (Å²) >= 11 is 1.65. The molecule has 0 radical (unpaired) electrons. The molecular weight excluding hydrogens is 398 g/mol. The van der Waals surface area contributed by atoms with E-state index < -0.39 is 6.04 Å². The van der Waals surface area contributed by atoms with E-state index in [1.165, 1.54) is 0 Å². The third kappa shape index (κ3) is 7.42. The molecule has 0 aromatic heterocycles. The first kappa shape index (κ1) is 23.8. The van der Waals surface area contributed by atoms with Crippen LogP contribution in [0.1, 0.15) is 23.7 Å². The van der Waals surface area contributed by atoms with Gasteiger partial charge in [-0.25, -0.2) is 0 Å². The van der Waals surface area contributed by atoms with E-state index in [0.29, 0.717) is 30.0 Å². The summed E-state index contributed by atoms with van der Waals surface area (Å²) in [6, 6.07) is 13.3. The van der Waals surface area contributed by atoms with Crippen LogP contribution in [0.2, 0.25) is 0 Å². The molecule has 6 nitrogen and oxygen atoms in total. The number of hydrogen-bond donors (Lipinski definition) is 3. The van der Waals surface area contributed by atoms with Gasteiger partial charge in [-0.3, -0.25) is 9.59 Å². The van der Waals surface area contributed by atoms with Gasteiger partial charge in [0.15, 0.2) is 0 Å². The van der Waals surface area contributed by atoms with Crippen LogP contribution in [0.5, 0.6) is 5.75 Å². The minimum atomic E-state index is -0.542. The molecule has 4 N–H and O–H groups in total. The lowest BCUT2D eigenvalue weighted by molar-refractivity contribution is -0.117. The van der Waals surface area contributed by atoms with Crippen LogP contribution in [-0.4, -0.2) is 36.5 Å². The van der Waals surface area contributed by atoms with E-state index >= 15 is 0 Å². The largest absolute Gasteiger partial charge is 0.494 e. The lowest BCUT2D eigenvalue weighted by Crippen LogP contribution is -2.36. The standard InChI is InChI=1S/C20H25N3O3S.ClH/c1-3-26-17-10-8-16(9-11-17)22-19(24)14-4-6-15(7-5-14)23-20(25)18(21)12-13-27-2;/h4-11,18H,3,12-13,21H2,1-2H3,(H,22,24)(H,23,25);1H/t18-;/m0./s1. The topological polar surface area (TPSA) is 93.5 Å². The zero-order valence-corrected chi connectivity index (χ0v) is 17.6. The number of rotatable bonds is 9. The Morgan fingerprint density at radius 2 is 1.61 bits per heavy atom. The smallest absolute Gasteiger partial charge is 0.255 e. The molecule has 0 unspecified atom stereocenters. The Labute approximate surface area is 176 Å². The molecule has 2 amide bonds. The molecule has 0 saturated carbocycles. The number of nitrogens with one attached hydrogen (secondary N) is 2. The van der Waals surface area contributed by atoms with Crippen molar-refractivity contribution in [2.24, 2.45) is 5.73 Å². The van der Waals surface area contributed by atoms with E-state index in [1.54, 1.807) is 60.3 Å². The molecule has 0 bridgehead atoms. The van der Waals surface area contributed by atoms with Crippen molar-refractivity contribution in [1.82, 2.24) is 0 Å². The number of halogens is 1. The van der Waals surface area contributed by atoms with Crippen LogP contribution in [0.4, 0.5) is 11.4 Å². The van der Waals surface area contributed by atoms with Crippen molar-refractivity contribution in [3.63, 3.8) is 0 Å². The second-order valence-corrected chi connectivity index (χ2v) is 6.85. The summed E-state index contributed by atoms with van der Waals surface area (Å²) in [5.74, 6) is 1.13. The van der Waals surface area contributed by atoms with Gasteiger partial charge in [-0.1, -0.05) is 0 Å². The van der Waals surface area contributed by atoms with Gasteiger partial charge in [0, 0.05) is 16.9 Å². The highest BCUT2D eigenvalue weighted by Crippen LogP contribution is 2.17. The quantitative estimate of drug-likeness (QED) is 0.570. The highest BCUT2D eigenvalue weighted by Gasteiger charge is 2.13. The second-order valence-electron chi connectivity index (χ2n) is 5.87. The molecule has 0 aliphatic rings. The summed E-state index contributed by atoms with van der Waals surface area (Å²) in [6.45, 7) is 2.51. The average Bonchev–Trinajstić information content (AvgIpc) is 2.68. The molecule has 8 heteroatoms. The first-order valence-electron chi connectivity index (χ1n) is 8.73. The number of amides is 2. The predicted octanol–water partition coefficient (Wildman–Crippen LogP) is 3.78. The van der Waals surface area contributed by atoms with Crippen molar-refractivity contribution < 1.29 is 14.3 Å². The van der Waals surface area contributed by atoms with Gasteiger partial charge in [-0.2, -0.15) is 11.8 Å². The number of thioether (sulfide) groups is 1. The molecule has 2 rings (SSSR count). The van der Waals surface area contributed by atoms with Gasteiger partial charge in [0.05, 0.1) is 12.6 Å². The number of carbonyl (C=O) groups is 2. The van der Waals surface area contributed by atoms with Crippen LogP contribution in [0.3, 0.4) is 0 Å². The Morgan fingerprint density at radius 3 is 2.18 bits per heavy atom. The van der Waals surface area contributed by atoms with Gasteiger partial charge in [-0.15, -0.1) is 12.4 Å². The number of benzene rings is 2. The minimum Gasteiger partial charge on any atom is -0.494 e. The summed E-state index contributed by atoms with van der Waals surface area (Å²) in [6.07, 6.45) is 2.59. The fourth-order valence-electron chi connectivity index (χ4n) is 2.32. The fourth-order valence-corrected chi connectivity index (χ4v) is 2.81. The van der Waals surface area contributed by atoms with Gasteiger partial charge in [-0.05, 0) is 73.9 Å². The molecule has 2 aromatic rings. The molecule has 0 saturated heterocycles. The molecule has 0 spiro atoms. The molecule has 0 heterocycles. The first-order valence-corrected chi connectivity index (χ1v) is 10.1. The normalized spacial score (nSPS) is 11.1. The Bertz CT molecular complexity index is 754. The molecule has 0 aliphatic heterocycles. The molecular formula is C20H26ClN3O3S. The lowest BCUT2D eigenvalue weighted by atomic mass is 10.1. The van der Waals surface area contributed by atoms with E-state index in [2.05, 4.69) is 10.6 Å². The summed E-state index contributed by atoms with van der Waals surface area (Å²) in [7, 11) is 0. The van der Waals surface area contributed by atoms with Gasteiger partial charge in [0.2, 0.25) is 5.91 Å². The number of nitrogens with two attached hydrogens (primary N) is 1. The predicted molar refractivity (Wildman–Crippen MR) is 119 cm³/mol. The average molecular weight is 424 g/mol. The Morgan fingerprint density at radius 1 is 1.04 bits per heavy atom. The zero-order chi connectivity index (χ0) is 19.6. The van der Waals surface area contributed by atoms with Crippen molar-refractivity contribution in [3.05, 3.63) is 54.1 Å². The maximum absolute atomic E-state index is 12.3. The maximum Gasteiger partial charge on any atom is 0.255 e. The molecule has 0 aliphatic carbocycles. The highest BCUT2D eigenvalue weighted by molar-refractivity contribution is 7.98. The highest BCUT2D eigenvalue weighted by atomic mass is 35.5. The third-order valence-electron chi connectivity index (χ3n) is 3.81. The van der Waals surface area contributed by atoms with E-state index in [4.69, 9.17) is 10.5 Å². The Balaban J connectivity index is 0.00000392. The zero-order valence-electron chi connectivity index (χ0n) is 15.9. The summed E-state index contributed by atoms with van der Waals surface area (Å²) < 4.78 is 5.38. The second kappa shape index (κ2) is 12.3. The first-order chi connectivity index (χ1) is 13.0. The fraction of sp³-hybridized carbons (Fsp3) is 0.300. The van der Waals surface area contributed by atoms with Crippen LogP contribution < -0.4 is 21.1 Å². The summed E-state index contributed by atoms with van der Waals surface area (Å²) in [5, 5.41) is 5.59. The molecule has 1 atom stereocenters. The van der Waals surface area contributed by atoms with E-state index in [-0.39, 0.29) is 24.2 Å². The van der Waals surface area contributed by atoms with Crippen LogP contribution in [0, 0.1) is 0 Å². The summed E-state index contributed by atoms with van der Waals surface area (Å²) in [5.41, 5.74) is 7.63. The number of carbonyl (C=O) groups excluding carboxylic acids is 2. The number of hydrogen-bond acceptors (Lipinski definition) is 5. The number of anilines is 2. The van der Waals surface area contributed by atoms with Gasteiger partial charge in [0.1, 0.15) is 5.75 Å². The lowest BCUT2D eigenvalue weighted by Gasteiger charge is -2.12. The van der Waals surface area contributed by atoms with Crippen molar-refractivity contribution in [2.45, 2.75) is 19.4 Å². The summed E-state index contributed by atoms with van der Waals surface area (Å²) in [4.78, 5) is 24.4. The molecule has 2 aromatic carbocycles. The Hall–Kier alpha value is -2.22. The SMILES string of the molecule is CCOc1ccc(NC(=O)c2ccc(NC(=O)[C@@H](N)CCSC)cc2)cc1.Cl. The molecule has 152 valence electrons. The third-order valence-corrected chi connectivity index (χ3v) is 4.45. The van der Waals surface area contributed by atoms with Crippen LogP contribution in [0.25, 0.3) is 0 Å². The molecule has 0 fully saturated rings. The minimum absolute atomic E-state index is 0. The van der Waals surface area contributed by atoms with Crippen LogP contribution in [0.15, 0.2) is 48.5 Å². The van der Waals surface area contributed by atoms with Gasteiger partial charge >= 0.3 is 0 Å². The van der Waals surface area contributed by atoms with E-state index in [9.17, 15) is 9.59 Å². The van der Waals surface area contributed by atoms with Gasteiger partial charge in [0.25, 0.3) is 5.91 Å². The Kier molecular flexibility index (Phi) is 10.4. The molecule has 28 heavy (non-hydrogen) atoms. The van der Waals surface area contributed by atoms with Gasteiger partial charge < -0.3 is 21.1 Å². The van der Waals surface area contributed by atoms with Crippen LogP contribution in [-0.2, 0) is 4.79 Å². The van der Waals surface area contributed by atoms with Crippen molar-refractivity contribution in [1.29, 1.82) is 0 Å². The van der Waals surface area contributed by atoms with Crippen molar-refractivity contribution in [2.75, 3.05) is 29.2 Å².